The van der Waals surface area contributed by atoms with E-state index in [9.17, 15) is 4.79 Å². The molecular formula is C17H21N3O2. The molecule has 22 heavy (non-hydrogen) atoms. The highest BCUT2D eigenvalue weighted by Crippen LogP contribution is 2.25. The van der Waals surface area contributed by atoms with E-state index in [1.165, 1.54) is 0 Å². The van der Waals surface area contributed by atoms with Crippen molar-refractivity contribution in [1.82, 2.24) is 15.6 Å². The number of amides is 2. The molecule has 0 radical (unpaired) electrons. The molecule has 1 atom stereocenters. The van der Waals surface area contributed by atoms with Gasteiger partial charge in [0, 0.05) is 11.8 Å². The van der Waals surface area contributed by atoms with Gasteiger partial charge in [-0.15, -0.1) is 0 Å². The SMILES string of the molecule is COc1ccc(C)cc1C(C)NC(=O)NCc1ccccn1. The van der Waals surface area contributed by atoms with E-state index in [1.54, 1.807) is 13.3 Å². The maximum Gasteiger partial charge on any atom is 0.315 e. The van der Waals surface area contributed by atoms with Crippen molar-refractivity contribution < 1.29 is 9.53 Å². The van der Waals surface area contributed by atoms with E-state index >= 15 is 0 Å². The lowest BCUT2D eigenvalue weighted by Crippen LogP contribution is -2.36. The van der Waals surface area contributed by atoms with Gasteiger partial charge in [-0.3, -0.25) is 4.98 Å². The topological polar surface area (TPSA) is 63.2 Å². The van der Waals surface area contributed by atoms with Crippen LogP contribution >= 0.6 is 0 Å². The van der Waals surface area contributed by atoms with Crippen LogP contribution in [0.1, 0.15) is 29.8 Å². The number of aromatic nitrogens is 1. The third-order valence-electron chi connectivity index (χ3n) is 3.36. The summed E-state index contributed by atoms with van der Waals surface area (Å²) in [6, 6.07) is 11.1. The molecule has 1 aromatic carbocycles. The van der Waals surface area contributed by atoms with E-state index in [-0.39, 0.29) is 12.1 Å². The molecular weight excluding hydrogens is 278 g/mol. The number of ether oxygens (including phenoxy) is 1. The quantitative estimate of drug-likeness (QED) is 0.892. The minimum absolute atomic E-state index is 0.154. The van der Waals surface area contributed by atoms with Crippen molar-refractivity contribution in [3.63, 3.8) is 0 Å². The maximum atomic E-state index is 12.0. The van der Waals surface area contributed by atoms with Gasteiger partial charge in [0.05, 0.1) is 25.4 Å². The molecule has 0 saturated heterocycles. The molecule has 0 aliphatic heterocycles. The Morgan fingerprint density at radius 3 is 2.82 bits per heavy atom. The van der Waals surface area contributed by atoms with Crippen LogP contribution in [0.15, 0.2) is 42.6 Å². The minimum atomic E-state index is -0.235. The molecule has 1 aromatic heterocycles. The molecule has 2 N–H and O–H groups in total. The van der Waals surface area contributed by atoms with Crippen LogP contribution < -0.4 is 15.4 Å². The Bertz CT molecular complexity index is 629. The van der Waals surface area contributed by atoms with Crippen LogP contribution in [0.5, 0.6) is 5.75 Å². The summed E-state index contributed by atoms with van der Waals surface area (Å²) in [5.74, 6) is 0.767. The summed E-state index contributed by atoms with van der Waals surface area (Å²) in [6.07, 6.45) is 1.70. The second-order valence-corrected chi connectivity index (χ2v) is 5.12. The molecule has 116 valence electrons. The Kier molecular flexibility index (Phi) is 5.36. The molecule has 0 bridgehead atoms. The number of hydrogen-bond acceptors (Lipinski definition) is 3. The summed E-state index contributed by atoms with van der Waals surface area (Å²) in [4.78, 5) is 16.2. The number of pyridine rings is 1. The third kappa shape index (κ3) is 4.22. The number of benzene rings is 1. The van der Waals surface area contributed by atoms with Crippen LogP contribution in [0, 0.1) is 6.92 Å². The zero-order valence-corrected chi connectivity index (χ0v) is 13.1. The zero-order valence-electron chi connectivity index (χ0n) is 13.1. The molecule has 5 heteroatoms. The Balaban J connectivity index is 1.95. The van der Waals surface area contributed by atoms with Crippen molar-refractivity contribution in [3.8, 4) is 5.75 Å². The third-order valence-corrected chi connectivity index (χ3v) is 3.36. The molecule has 1 unspecified atom stereocenters. The van der Waals surface area contributed by atoms with Gasteiger partial charge in [-0.25, -0.2) is 4.79 Å². The van der Waals surface area contributed by atoms with Gasteiger partial charge in [0.1, 0.15) is 5.75 Å². The van der Waals surface area contributed by atoms with E-state index in [0.717, 1.165) is 22.6 Å². The van der Waals surface area contributed by atoms with Crippen LogP contribution in [-0.2, 0) is 6.54 Å². The van der Waals surface area contributed by atoms with Crippen molar-refractivity contribution in [1.29, 1.82) is 0 Å². The Labute approximate surface area is 130 Å². The molecule has 0 aliphatic rings. The molecule has 0 fully saturated rings. The highest BCUT2D eigenvalue weighted by molar-refractivity contribution is 5.74. The molecule has 2 rings (SSSR count). The summed E-state index contributed by atoms with van der Waals surface area (Å²) in [5, 5.41) is 5.71. The minimum Gasteiger partial charge on any atom is -0.496 e. The number of carbonyl (C=O) groups is 1. The number of nitrogens with zero attached hydrogens (tertiary/aromatic N) is 1. The van der Waals surface area contributed by atoms with Gasteiger partial charge in [0.2, 0.25) is 0 Å². The van der Waals surface area contributed by atoms with Gasteiger partial charge in [-0.2, -0.15) is 0 Å². The first-order valence-corrected chi connectivity index (χ1v) is 7.19. The van der Waals surface area contributed by atoms with Crippen LogP contribution in [0.4, 0.5) is 4.79 Å². The molecule has 5 nitrogen and oxygen atoms in total. The summed E-state index contributed by atoms with van der Waals surface area (Å²) in [7, 11) is 1.63. The molecule has 0 spiro atoms. The smallest absolute Gasteiger partial charge is 0.315 e. The molecule has 2 aromatic rings. The fraction of sp³-hybridized carbons (Fsp3) is 0.294. The number of nitrogens with one attached hydrogen (secondary N) is 2. The van der Waals surface area contributed by atoms with Gasteiger partial charge >= 0.3 is 6.03 Å². The van der Waals surface area contributed by atoms with Gasteiger partial charge < -0.3 is 15.4 Å². The largest absolute Gasteiger partial charge is 0.496 e. The van der Waals surface area contributed by atoms with Gasteiger partial charge in [0.25, 0.3) is 0 Å². The second-order valence-electron chi connectivity index (χ2n) is 5.12. The van der Waals surface area contributed by atoms with Crippen molar-refractivity contribution in [2.45, 2.75) is 26.4 Å². The average molecular weight is 299 g/mol. The van der Waals surface area contributed by atoms with Gasteiger partial charge in [0.15, 0.2) is 0 Å². The Morgan fingerprint density at radius 1 is 1.32 bits per heavy atom. The van der Waals surface area contributed by atoms with Crippen molar-refractivity contribution in [2.24, 2.45) is 0 Å². The fourth-order valence-corrected chi connectivity index (χ4v) is 2.19. The lowest BCUT2D eigenvalue weighted by Gasteiger charge is -2.18. The number of carbonyl (C=O) groups excluding carboxylic acids is 1. The van der Waals surface area contributed by atoms with E-state index < -0.39 is 0 Å². The molecule has 0 saturated carbocycles. The lowest BCUT2D eigenvalue weighted by atomic mass is 10.0. The van der Waals surface area contributed by atoms with Crippen LogP contribution in [0.25, 0.3) is 0 Å². The summed E-state index contributed by atoms with van der Waals surface area (Å²) >= 11 is 0. The predicted octanol–water partition coefficient (Wildman–Crippen LogP) is 2.96. The van der Waals surface area contributed by atoms with Crippen LogP contribution in [-0.4, -0.2) is 18.1 Å². The van der Waals surface area contributed by atoms with Crippen molar-refractivity contribution in [2.75, 3.05) is 7.11 Å². The fourth-order valence-electron chi connectivity index (χ4n) is 2.19. The monoisotopic (exact) mass is 299 g/mol. The molecule has 2 amide bonds. The lowest BCUT2D eigenvalue weighted by molar-refractivity contribution is 0.237. The molecule has 1 heterocycles. The number of hydrogen-bond donors (Lipinski definition) is 2. The zero-order chi connectivity index (χ0) is 15.9. The standard InChI is InChI=1S/C17H21N3O2/c1-12-7-8-16(22-3)15(10-12)13(2)20-17(21)19-11-14-6-4-5-9-18-14/h4-10,13H,11H2,1-3H3,(H2,19,20,21). The van der Waals surface area contributed by atoms with Crippen molar-refractivity contribution in [3.05, 3.63) is 59.4 Å². The van der Waals surface area contributed by atoms with E-state index in [4.69, 9.17) is 4.74 Å². The summed E-state index contributed by atoms with van der Waals surface area (Å²) in [6.45, 7) is 4.33. The number of methoxy groups -OCH3 is 1. The molecule has 0 aliphatic carbocycles. The maximum absolute atomic E-state index is 12.0. The number of rotatable bonds is 5. The predicted molar refractivity (Wildman–Crippen MR) is 85.8 cm³/mol. The van der Waals surface area contributed by atoms with Crippen LogP contribution in [0.3, 0.4) is 0 Å². The first-order valence-electron chi connectivity index (χ1n) is 7.19. The van der Waals surface area contributed by atoms with Crippen molar-refractivity contribution >= 4 is 6.03 Å². The van der Waals surface area contributed by atoms with Gasteiger partial charge in [-0.1, -0.05) is 23.8 Å². The van der Waals surface area contributed by atoms with E-state index in [0.29, 0.717) is 6.54 Å². The normalized spacial score (nSPS) is 11.6. The second kappa shape index (κ2) is 7.45. The highest BCUT2D eigenvalue weighted by atomic mass is 16.5. The summed E-state index contributed by atoms with van der Waals surface area (Å²) < 4.78 is 5.35. The van der Waals surface area contributed by atoms with E-state index in [1.807, 2.05) is 50.2 Å². The Morgan fingerprint density at radius 2 is 2.14 bits per heavy atom. The van der Waals surface area contributed by atoms with E-state index in [2.05, 4.69) is 15.6 Å². The first kappa shape index (κ1) is 15.8. The average Bonchev–Trinajstić information content (AvgIpc) is 2.54. The first-order chi connectivity index (χ1) is 10.6. The van der Waals surface area contributed by atoms with Crippen LogP contribution in [0.2, 0.25) is 0 Å². The summed E-state index contributed by atoms with van der Waals surface area (Å²) in [5.41, 5.74) is 2.90. The van der Waals surface area contributed by atoms with Gasteiger partial charge in [-0.05, 0) is 32.0 Å². The number of aryl methyl sites for hydroxylation is 1. The highest BCUT2D eigenvalue weighted by Gasteiger charge is 2.14. The number of urea groups is 1. The Hall–Kier alpha value is -2.56.